The molecule has 0 bridgehead atoms. The molecule has 142 valence electrons. The normalized spacial score (nSPS) is 15.5. The number of halogens is 3. The zero-order valence-corrected chi connectivity index (χ0v) is 14.2. The van der Waals surface area contributed by atoms with Gasteiger partial charge in [-0.05, 0) is 50.2 Å². The van der Waals surface area contributed by atoms with Crippen molar-refractivity contribution in [3.63, 3.8) is 0 Å². The molecule has 10 heteroatoms. The number of anilines is 1. The van der Waals surface area contributed by atoms with Crippen molar-refractivity contribution >= 4 is 17.5 Å². The first kappa shape index (κ1) is 17.5. The van der Waals surface area contributed by atoms with E-state index in [4.69, 9.17) is 4.42 Å². The van der Waals surface area contributed by atoms with E-state index in [-0.39, 0.29) is 17.4 Å². The van der Waals surface area contributed by atoms with Crippen molar-refractivity contribution in [1.82, 2.24) is 19.5 Å². The number of hydrogen-bond donors (Lipinski definition) is 1. The summed E-state index contributed by atoms with van der Waals surface area (Å²) in [7, 11) is 0. The van der Waals surface area contributed by atoms with Gasteiger partial charge in [0, 0.05) is 6.20 Å². The zero-order chi connectivity index (χ0) is 19.0. The van der Waals surface area contributed by atoms with Gasteiger partial charge in [-0.15, -0.1) is 10.2 Å². The second-order valence-electron chi connectivity index (χ2n) is 6.37. The van der Waals surface area contributed by atoms with Crippen LogP contribution in [-0.4, -0.2) is 38.5 Å². The number of nitrogens with one attached hydrogen (secondary N) is 1. The molecule has 4 rings (SSSR count). The van der Waals surface area contributed by atoms with Crippen LogP contribution in [0.3, 0.4) is 0 Å². The van der Waals surface area contributed by atoms with E-state index in [0.29, 0.717) is 12.3 Å². The predicted octanol–water partition coefficient (Wildman–Crippen LogP) is 3.19. The SMILES string of the molecule is O=C(Nc1nnc2ccc(C(F)(F)F)cn12)c1ccc(CN2CCCC2)o1. The quantitative estimate of drug-likeness (QED) is 0.754. The van der Waals surface area contributed by atoms with E-state index < -0.39 is 17.6 Å². The fourth-order valence-electron chi connectivity index (χ4n) is 3.05. The van der Waals surface area contributed by atoms with Gasteiger partial charge in [-0.1, -0.05) is 0 Å². The molecule has 1 aliphatic heterocycles. The Hall–Kier alpha value is -2.88. The monoisotopic (exact) mass is 379 g/mol. The molecule has 0 unspecified atom stereocenters. The second kappa shape index (κ2) is 6.69. The van der Waals surface area contributed by atoms with E-state index >= 15 is 0 Å². The van der Waals surface area contributed by atoms with E-state index in [1.807, 2.05) is 0 Å². The van der Waals surface area contributed by atoms with Crippen LogP contribution in [0.25, 0.3) is 5.65 Å². The van der Waals surface area contributed by atoms with Gasteiger partial charge in [0.2, 0.25) is 5.95 Å². The minimum atomic E-state index is -4.51. The van der Waals surface area contributed by atoms with Crippen LogP contribution in [0.15, 0.2) is 34.9 Å². The van der Waals surface area contributed by atoms with E-state index in [1.54, 1.807) is 6.07 Å². The maximum atomic E-state index is 12.9. The number of aromatic nitrogens is 3. The molecule has 1 saturated heterocycles. The largest absolute Gasteiger partial charge is 0.455 e. The molecule has 1 fully saturated rings. The fraction of sp³-hybridized carbons (Fsp3) is 0.353. The van der Waals surface area contributed by atoms with Crippen molar-refractivity contribution in [3.8, 4) is 0 Å². The number of carbonyl (C=O) groups is 1. The molecule has 0 saturated carbocycles. The summed E-state index contributed by atoms with van der Waals surface area (Å²) in [6, 6.07) is 5.35. The number of likely N-dealkylation sites (tertiary alicyclic amines) is 1. The lowest BCUT2D eigenvalue weighted by Gasteiger charge is -2.11. The molecule has 0 atom stereocenters. The summed E-state index contributed by atoms with van der Waals surface area (Å²) in [6.07, 6.45) is -1.38. The predicted molar refractivity (Wildman–Crippen MR) is 89.2 cm³/mol. The third-order valence-electron chi connectivity index (χ3n) is 4.42. The number of furan rings is 1. The average molecular weight is 379 g/mol. The summed E-state index contributed by atoms with van der Waals surface area (Å²) >= 11 is 0. The molecule has 0 spiro atoms. The van der Waals surface area contributed by atoms with Crippen LogP contribution in [0.5, 0.6) is 0 Å². The first-order chi connectivity index (χ1) is 12.9. The van der Waals surface area contributed by atoms with E-state index in [9.17, 15) is 18.0 Å². The molecule has 0 radical (unpaired) electrons. The molecular formula is C17H16F3N5O2. The van der Waals surface area contributed by atoms with Crippen LogP contribution in [0.2, 0.25) is 0 Å². The molecule has 0 aliphatic carbocycles. The van der Waals surface area contributed by atoms with Gasteiger partial charge in [0.1, 0.15) is 5.76 Å². The number of alkyl halides is 3. The lowest BCUT2D eigenvalue weighted by atomic mass is 10.3. The lowest BCUT2D eigenvalue weighted by Crippen LogP contribution is -2.18. The Morgan fingerprint density at radius 2 is 1.93 bits per heavy atom. The van der Waals surface area contributed by atoms with Gasteiger partial charge in [0.25, 0.3) is 5.91 Å². The summed E-state index contributed by atoms with van der Waals surface area (Å²) in [5.41, 5.74) is -0.677. The van der Waals surface area contributed by atoms with E-state index in [1.165, 1.54) is 12.1 Å². The van der Waals surface area contributed by atoms with Gasteiger partial charge in [-0.25, -0.2) is 0 Å². The highest BCUT2D eigenvalue weighted by atomic mass is 19.4. The molecular weight excluding hydrogens is 363 g/mol. The minimum absolute atomic E-state index is 0.0629. The van der Waals surface area contributed by atoms with E-state index in [2.05, 4.69) is 20.4 Å². The molecule has 27 heavy (non-hydrogen) atoms. The summed E-state index contributed by atoms with van der Waals surface area (Å²) in [5, 5.41) is 9.94. The Kier molecular flexibility index (Phi) is 4.34. The van der Waals surface area contributed by atoms with Crippen molar-refractivity contribution < 1.29 is 22.4 Å². The van der Waals surface area contributed by atoms with Crippen molar-refractivity contribution in [2.75, 3.05) is 18.4 Å². The Balaban J connectivity index is 1.51. The first-order valence-corrected chi connectivity index (χ1v) is 8.44. The number of rotatable bonds is 4. The van der Waals surface area contributed by atoms with Crippen LogP contribution in [0, 0.1) is 0 Å². The highest BCUT2D eigenvalue weighted by Crippen LogP contribution is 2.29. The van der Waals surface area contributed by atoms with Crippen LogP contribution < -0.4 is 5.32 Å². The number of hydrogen-bond acceptors (Lipinski definition) is 5. The van der Waals surface area contributed by atoms with Crippen molar-refractivity contribution in [1.29, 1.82) is 0 Å². The zero-order valence-electron chi connectivity index (χ0n) is 14.2. The maximum absolute atomic E-state index is 12.9. The highest BCUT2D eigenvalue weighted by molar-refractivity contribution is 6.01. The summed E-state index contributed by atoms with van der Waals surface area (Å²) in [4.78, 5) is 14.6. The fourth-order valence-corrected chi connectivity index (χ4v) is 3.05. The van der Waals surface area contributed by atoms with Crippen LogP contribution >= 0.6 is 0 Å². The number of amides is 1. The molecule has 1 N–H and O–H groups in total. The molecule has 1 amide bonds. The molecule has 1 aliphatic rings. The van der Waals surface area contributed by atoms with Gasteiger partial charge in [-0.3, -0.25) is 19.4 Å². The third-order valence-corrected chi connectivity index (χ3v) is 4.42. The molecule has 0 aromatic carbocycles. The van der Waals surface area contributed by atoms with Crippen molar-refractivity contribution in [3.05, 3.63) is 47.5 Å². The van der Waals surface area contributed by atoms with Crippen LogP contribution in [-0.2, 0) is 12.7 Å². The van der Waals surface area contributed by atoms with E-state index in [0.717, 1.165) is 42.6 Å². The van der Waals surface area contributed by atoms with Gasteiger partial charge in [0.05, 0.1) is 12.1 Å². The van der Waals surface area contributed by atoms with Crippen LogP contribution in [0.1, 0.15) is 34.7 Å². The van der Waals surface area contributed by atoms with Gasteiger partial charge in [-0.2, -0.15) is 13.2 Å². The van der Waals surface area contributed by atoms with Crippen LogP contribution in [0.4, 0.5) is 19.1 Å². The molecule has 3 aromatic heterocycles. The number of fused-ring (bicyclic) bond motifs is 1. The van der Waals surface area contributed by atoms with Gasteiger partial charge in [0.15, 0.2) is 11.4 Å². The van der Waals surface area contributed by atoms with Gasteiger partial charge < -0.3 is 4.42 Å². The highest BCUT2D eigenvalue weighted by Gasteiger charge is 2.31. The third kappa shape index (κ3) is 3.65. The maximum Gasteiger partial charge on any atom is 0.417 e. The summed E-state index contributed by atoms with van der Waals surface area (Å²) in [6.45, 7) is 2.61. The van der Waals surface area contributed by atoms with Crippen molar-refractivity contribution in [2.24, 2.45) is 0 Å². The van der Waals surface area contributed by atoms with Crippen molar-refractivity contribution in [2.45, 2.75) is 25.6 Å². The van der Waals surface area contributed by atoms with Gasteiger partial charge >= 0.3 is 6.18 Å². The Morgan fingerprint density at radius 1 is 1.15 bits per heavy atom. The number of carbonyl (C=O) groups excluding carboxylic acids is 1. The summed E-state index contributed by atoms with van der Waals surface area (Å²) in [5.74, 6) is 0.00779. The molecule has 3 aromatic rings. The Bertz CT molecular complexity index is 973. The standard InChI is InChI=1S/C17H16F3N5O2/c18-17(19,20)11-3-6-14-22-23-16(25(14)9-11)21-15(26)13-5-4-12(27-13)10-24-7-1-2-8-24/h3-6,9H,1-2,7-8,10H2,(H,21,23,26). The first-order valence-electron chi connectivity index (χ1n) is 8.44. The molecule has 4 heterocycles. The lowest BCUT2D eigenvalue weighted by molar-refractivity contribution is -0.137. The second-order valence-corrected chi connectivity index (χ2v) is 6.37. The molecule has 7 nitrogen and oxygen atoms in total. The Labute approximate surface area is 151 Å². The average Bonchev–Trinajstić information content (AvgIpc) is 3.36. The topological polar surface area (TPSA) is 75.7 Å². The Morgan fingerprint density at radius 3 is 2.67 bits per heavy atom. The smallest absolute Gasteiger partial charge is 0.417 e. The number of nitrogens with zero attached hydrogens (tertiary/aromatic N) is 4. The summed E-state index contributed by atoms with van der Waals surface area (Å²) < 4.78 is 45.3. The minimum Gasteiger partial charge on any atom is -0.455 e. The number of pyridine rings is 1.